The van der Waals surface area contributed by atoms with Crippen LogP contribution < -0.4 is 0 Å². The van der Waals surface area contributed by atoms with Crippen LogP contribution >= 0.6 is 0 Å². The maximum atomic E-state index is 5.88. The first-order valence-corrected chi connectivity index (χ1v) is 38.8. The summed E-state index contributed by atoms with van der Waals surface area (Å²) in [5, 5.41) is 0. The molecule has 0 saturated carbocycles. The van der Waals surface area contributed by atoms with Gasteiger partial charge in [-0.15, -0.1) is 0 Å². The number of fused-ring (bicyclic) bond motifs is 8. The summed E-state index contributed by atoms with van der Waals surface area (Å²) in [6.07, 6.45) is 29.6. The van der Waals surface area contributed by atoms with E-state index >= 15 is 0 Å². The van der Waals surface area contributed by atoms with Gasteiger partial charge in [-0.1, -0.05) is 255 Å². The van der Waals surface area contributed by atoms with Crippen LogP contribution in [0.5, 0.6) is 0 Å². The van der Waals surface area contributed by atoms with Crippen molar-refractivity contribution >= 4 is 58.5 Å². The molecule has 1 atom stereocenters. The van der Waals surface area contributed by atoms with E-state index in [1.54, 1.807) is 0 Å². The van der Waals surface area contributed by atoms with E-state index in [1.807, 2.05) is 12.4 Å². The van der Waals surface area contributed by atoms with E-state index in [-0.39, 0.29) is 32.5 Å². The van der Waals surface area contributed by atoms with Crippen molar-refractivity contribution in [2.24, 2.45) is 0 Å². The van der Waals surface area contributed by atoms with Crippen LogP contribution in [0.1, 0.15) is 262 Å². The summed E-state index contributed by atoms with van der Waals surface area (Å²) in [6, 6.07) is 52.9. The van der Waals surface area contributed by atoms with Crippen LogP contribution in [0.2, 0.25) is 0 Å². The highest BCUT2D eigenvalue weighted by Crippen LogP contribution is 2.45. The van der Waals surface area contributed by atoms with Gasteiger partial charge < -0.3 is 9.97 Å². The van der Waals surface area contributed by atoms with Crippen molar-refractivity contribution < 1.29 is 0 Å². The zero-order valence-electron chi connectivity index (χ0n) is 66.3. The lowest BCUT2D eigenvalue weighted by Crippen LogP contribution is -2.24. The van der Waals surface area contributed by atoms with Gasteiger partial charge in [0, 0.05) is 80.1 Å². The zero-order chi connectivity index (χ0) is 74.5. The highest BCUT2D eigenvalue weighted by atomic mass is 15.2. The number of unbranched alkanes of at least 4 members (excludes halogenated alkanes) is 5. The third kappa shape index (κ3) is 16.5. The van der Waals surface area contributed by atoms with Gasteiger partial charge in [-0.3, -0.25) is 19.9 Å². The number of benzene rings is 4. The molecule has 4 aromatic carbocycles. The Hall–Kier alpha value is -9.37. The molecule has 105 heavy (non-hydrogen) atoms. The molecule has 0 amide bonds. The first-order chi connectivity index (χ1) is 49.7. The Morgan fingerprint density at radius 2 is 0.743 bits per heavy atom. The number of pyridine rings is 3. The Kier molecular flexibility index (Phi) is 20.5. The predicted octanol–water partition coefficient (Wildman–Crippen LogP) is 26.3. The number of aromatic nitrogens is 7. The average Bonchev–Trinajstić information content (AvgIpc) is 1.67. The standard InChI is InChI=1S/C97H112N8/c1-20-21-22-23-24-25-48-105-49-26-27-87(105)66-35-39-78(100-61-66)65-34-38-77(99-60-65)64-33-37-76(98-59-64)36-30-62-28-31-63(32-29-62)88-79-40-42-81(101-79)89(67-50-70(92(2,3)4)56-71(51-67)93(5,6)7)83-44-46-85(103-83)91(69-54-74(96(14,15)16)58-75(55-69)97(17,18)19)86-47-45-84(104-86)90(82-43-41-80(88)102-82)68-52-72(94(8,9)10)57-73(53-68)95(11,12)13/h28-47,50-61,87,101,104H,20-27,48-49H2,1-19H3/b36-30+,88-79?,88-80?,89-81?,89-83?,90-82?,90-84?,91-85?,91-86?. The summed E-state index contributed by atoms with van der Waals surface area (Å²) in [4.78, 5) is 37.4. The van der Waals surface area contributed by atoms with Gasteiger partial charge in [-0.25, -0.2) is 9.97 Å². The Bertz CT molecular complexity index is 4930. The van der Waals surface area contributed by atoms with Crippen molar-refractivity contribution in [1.29, 1.82) is 0 Å². The highest BCUT2D eigenvalue weighted by Gasteiger charge is 2.30. The molecule has 0 spiro atoms. The molecule has 2 N–H and O–H groups in total. The summed E-state index contributed by atoms with van der Waals surface area (Å²) >= 11 is 0. The van der Waals surface area contributed by atoms with E-state index < -0.39 is 0 Å². The largest absolute Gasteiger partial charge is 0.354 e. The average molecular weight is 1390 g/mol. The molecule has 10 aromatic rings. The van der Waals surface area contributed by atoms with Crippen molar-refractivity contribution in [2.75, 3.05) is 13.1 Å². The summed E-state index contributed by atoms with van der Waals surface area (Å²) in [6.45, 7) is 46.4. The molecule has 540 valence electrons. The Labute approximate surface area is 627 Å². The maximum Gasteiger partial charge on any atom is 0.0737 e. The predicted molar refractivity (Wildman–Crippen MR) is 449 cm³/mol. The lowest BCUT2D eigenvalue weighted by molar-refractivity contribution is 0.250. The highest BCUT2D eigenvalue weighted by molar-refractivity contribution is 6.00. The molecular weight excluding hydrogens is 1280 g/mol. The van der Waals surface area contributed by atoms with E-state index in [1.165, 1.54) is 103 Å². The van der Waals surface area contributed by atoms with Gasteiger partial charge >= 0.3 is 0 Å². The third-order valence-corrected chi connectivity index (χ3v) is 21.7. The van der Waals surface area contributed by atoms with Crippen molar-refractivity contribution in [3.63, 3.8) is 0 Å². The fourth-order valence-corrected chi connectivity index (χ4v) is 15.0. The SMILES string of the molecule is CCCCCCCCN1CCCC1c1ccc(-c2ccc(-c3ccc(/C=C/c4ccc(-c5c6nc(c(-c7cc(C(C)(C)C)cc(C(C)(C)C)c7)c7ccc([nH]7)c(-c7cc(C(C)(C)C)cc(C(C)(C)C)c7)c7nc(c(-c8cc(C(C)(C)C)cc(C(C)(C)C)c8)c8ccc5[nH]8)C=C7)C=C6)cc4)nc3)nc2)nc1. The molecule has 3 aliphatic rings. The molecule has 3 aliphatic heterocycles. The second-order valence-corrected chi connectivity index (χ2v) is 36.2. The Balaban J connectivity index is 0.919. The number of likely N-dealkylation sites (tertiary alicyclic amines) is 1. The number of aromatic amines is 2. The lowest BCUT2D eigenvalue weighted by Gasteiger charge is -2.26. The molecule has 1 fully saturated rings. The van der Waals surface area contributed by atoms with Crippen LogP contribution in [0, 0.1) is 0 Å². The molecule has 1 saturated heterocycles. The summed E-state index contributed by atoms with van der Waals surface area (Å²) in [5.41, 5.74) is 29.9. The van der Waals surface area contributed by atoms with Crippen LogP contribution in [0.15, 0.2) is 158 Å². The zero-order valence-corrected chi connectivity index (χ0v) is 66.3. The van der Waals surface area contributed by atoms with Gasteiger partial charge in [0.1, 0.15) is 0 Å². The van der Waals surface area contributed by atoms with Crippen LogP contribution in [-0.4, -0.2) is 52.9 Å². The summed E-state index contributed by atoms with van der Waals surface area (Å²) < 4.78 is 0. The first kappa shape index (κ1) is 73.9. The molecule has 0 radical (unpaired) electrons. The van der Waals surface area contributed by atoms with E-state index in [9.17, 15) is 0 Å². The number of hydrogen-bond acceptors (Lipinski definition) is 6. The Morgan fingerprint density at radius 1 is 0.371 bits per heavy atom. The molecule has 1 unspecified atom stereocenters. The summed E-state index contributed by atoms with van der Waals surface area (Å²) in [7, 11) is 0. The van der Waals surface area contributed by atoms with Gasteiger partial charge in [0.05, 0.1) is 39.9 Å². The van der Waals surface area contributed by atoms with Gasteiger partial charge in [0.2, 0.25) is 0 Å². The summed E-state index contributed by atoms with van der Waals surface area (Å²) in [5.74, 6) is 0. The molecule has 9 heterocycles. The van der Waals surface area contributed by atoms with E-state index in [0.717, 1.165) is 123 Å². The quantitative estimate of drug-likeness (QED) is 0.0935. The second-order valence-electron chi connectivity index (χ2n) is 36.2. The Morgan fingerprint density at radius 3 is 1.11 bits per heavy atom. The first-order valence-electron chi connectivity index (χ1n) is 38.8. The van der Waals surface area contributed by atoms with Crippen molar-refractivity contribution in [3.05, 3.63) is 231 Å². The van der Waals surface area contributed by atoms with Crippen LogP contribution in [-0.2, 0) is 32.5 Å². The van der Waals surface area contributed by atoms with E-state index in [2.05, 4.69) is 329 Å². The molecule has 0 aliphatic carbocycles. The van der Waals surface area contributed by atoms with E-state index in [0.29, 0.717) is 6.04 Å². The molecule has 8 heteroatoms. The normalized spacial score (nSPS) is 14.7. The smallest absolute Gasteiger partial charge is 0.0737 e. The topological polar surface area (TPSA) is 99.3 Å². The number of hydrogen-bond donors (Lipinski definition) is 2. The molecular formula is C97H112N8. The van der Waals surface area contributed by atoms with Gasteiger partial charge in [-0.05, 0) is 217 Å². The van der Waals surface area contributed by atoms with Gasteiger partial charge in [0.25, 0.3) is 0 Å². The van der Waals surface area contributed by atoms with Crippen molar-refractivity contribution in [1.82, 2.24) is 39.8 Å². The van der Waals surface area contributed by atoms with Crippen LogP contribution in [0.3, 0.4) is 0 Å². The number of nitrogens with zero attached hydrogens (tertiary/aromatic N) is 6. The van der Waals surface area contributed by atoms with Crippen LogP contribution in [0.25, 0.3) is 126 Å². The van der Waals surface area contributed by atoms with Gasteiger partial charge in [-0.2, -0.15) is 0 Å². The molecule has 13 rings (SSSR count). The van der Waals surface area contributed by atoms with Crippen molar-refractivity contribution in [3.8, 4) is 67.0 Å². The lowest BCUT2D eigenvalue weighted by atomic mass is 9.78. The fraction of sp³-hybridized carbons (Fsp3) is 0.371. The molecule has 6 aromatic heterocycles. The minimum atomic E-state index is -0.124. The minimum Gasteiger partial charge on any atom is -0.354 e. The third-order valence-electron chi connectivity index (χ3n) is 21.7. The second kappa shape index (κ2) is 29.2. The fourth-order valence-electron chi connectivity index (χ4n) is 15.0. The number of nitrogens with one attached hydrogen (secondary N) is 2. The van der Waals surface area contributed by atoms with E-state index in [4.69, 9.17) is 24.9 Å². The van der Waals surface area contributed by atoms with Crippen molar-refractivity contribution in [2.45, 2.75) is 221 Å². The monoisotopic (exact) mass is 1390 g/mol. The number of H-pyrrole nitrogens is 2. The van der Waals surface area contributed by atoms with Gasteiger partial charge in [0.15, 0.2) is 0 Å². The van der Waals surface area contributed by atoms with Crippen LogP contribution in [0.4, 0.5) is 0 Å². The molecule has 8 bridgehead atoms. The maximum absolute atomic E-state index is 5.88. The molecule has 8 nitrogen and oxygen atoms in total. The minimum absolute atomic E-state index is 0.117. The number of rotatable bonds is 16.